The third-order valence-corrected chi connectivity index (χ3v) is 4.55. The number of sulfonamides is 1. The predicted molar refractivity (Wildman–Crippen MR) is 67.1 cm³/mol. The number of imide groups is 1. The zero-order valence-corrected chi connectivity index (χ0v) is 10.7. The molecule has 0 saturated carbocycles. The molecule has 102 valence electrons. The number of hydrogen-bond donors (Lipinski definition) is 2. The molecule has 0 spiro atoms. The van der Waals surface area contributed by atoms with Crippen molar-refractivity contribution < 1.29 is 18.0 Å². The minimum atomic E-state index is -4.29. The molecule has 1 aromatic heterocycles. The SMILES string of the molecule is Nc1cccc2c1C(=O)N(S(=O)(=O)c1cn[nH]c1)C2=O. The molecule has 0 unspecified atom stereocenters. The number of H-pyrrole nitrogens is 1. The molecule has 2 amide bonds. The number of anilines is 1. The molecule has 3 rings (SSSR count). The highest BCUT2D eigenvalue weighted by Crippen LogP contribution is 2.31. The highest BCUT2D eigenvalue weighted by molar-refractivity contribution is 7.90. The van der Waals surface area contributed by atoms with Gasteiger partial charge in [0.2, 0.25) is 0 Å². The molecule has 20 heavy (non-hydrogen) atoms. The number of hydrogen-bond acceptors (Lipinski definition) is 6. The summed E-state index contributed by atoms with van der Waals surface area (Å²) in [6.07, 6.45) is 2.10. The van der Waals surface area contributed by atoms with Crippen molar-refractivity contribution in [3.8, 4) is 0 Å². The van der Waals surface area contributed by atoms with Gasteiger partial charge in [-0.15, -0.1) is 0 Å². The van der Waals surface area contributed by atoms with Gasteiger partial charge in [0.1, 0.15) is 4.90 Å². The maximum atomic E-state index is 12.3. The minimum absolute atomic E-state index is 0.0259. The molecule has 9 heteroatoms. The Labute approximate surface area is 113 Å². The van der Waals surface area contributed by atoms with Crippen molar-refractivity contribution in [1.29, 1.82) is 0 Å². The highest BCUT2D eigenvalue weighted by Gasteiger charge is 2.45. The number of aromatic nitrogens is 2. The Morgan fingerprint density at radius 1 is 1.20 bits per heavy atom. The molecule has 3 N–H and O–H groups in total. The van der Waals surface area contributed by atoms with Crippen LogP contribution < -0.4 is 5.73 Å². The van der Waals surface area contributed by atoms with Gasteiger partial charge in [0.05, 0.1) is 17.3 Å². The standard InChI is InChI=1S/C11H8N4O4S/c12-8-3-1-2-7-9(8)11(17)15(10(7)16)20(18,19)6-4-13-14-5-6/h1-5H,12H2,(H,13,14). The third kappa shape index (κ3) is 1.46. The van der Waals surface area contributed by atoms with Crippen LogP contribution in [-0.2, 0) is 10.0 Å². The molecule has 0 radical (unpaired) electrons. The van der Waals surface area contributed by atoms with E-state index >= 15 is 0 Å². The van der Waals surface area contributed by atoms with Gasteiger partial charge in [0, 0.05) is 11.9 Å². The van der Waals surface area contributed by atoms with Crippen LogP contribution in [0.3, 0.4) is 0 Å². The van der Waals surface area contributed by atoms with E-state index in [0.29, 0.717) is 0 Å². The largest absolute Gasteiger partial charge is 0.398 e. The molecule has 0 saturated heterocycles. The van der Waals surface area contributed by atoms with Crippen molar-refractivity contribution in [3.63, 3.8) is 0 Å². The fraction of sp³-hybridized carbons (Fsp3) is 0. The summed E-state index contributed by atoms with van der Waals surface area (Å²) in [7, 11) is -4.29. The monoisotopic (exact) mass is 292 g/mol. The third-order valence-electron chi connectivity index (χ3n) is 2.92. The van der Waals surface area contributed by atoms with Gasteiger partial charge in [-0.25, -0.2) is 8.42 Å². The molecule has 1 aromatic carbocycles. The molecule has 1 aliphatic rings. The number of amides is 2. The number of nitrogens with two attached hydrogens (primary N) is 1. The molecule has 0 bridgehead atoms. The van der Waals surface area contributed by atoms with Gasteiger partial charge in [0.25, 0.3) is 21.8 Å². The topological polar surface area (TPSA) is 126 Å². The van der Waals surface area contributed by atoms with Crippen molar-refractivity contribution in [2.75, 3.05) is 5.73 Å². The second kappa shape index (κ2) is 3.90. The molecular formula is C11H8N4O4S. The van der Waals surface area contributed by atoms with E-state index in [9.17, 15) is 18.0 Å². The lowest BCUT2D eigenvalue weighted by Crippen LogP contribution is -2.36. The van der Waals surface area contributed by atoms with Crippen molar-refractivity contribution in [3.05, 3.63) is 41.7 Å². The quantitative estimate of drug-likeness (QED) is 0.591. The summed E-state index contributed by atoms with van der Waals surface area (Å²) in [4.78, 5) is 24.1. The molecule has 0 atom stereocenters. The second-order valence-electron chi connectivity index (χ2n) is 4.08. The molecule has 0 aliphatic carbocycles. The Bertz CT molecular complexity index is 826. The first-order valence-corrected chi connectivity index (χ1v) is 6.90. The second-order valence-corrected chi connectivity index (χ2v) is 5.87. The molecule has 2 aromatic rings. The van der Waals surface area contributed by atoms with Gasteiger partial charge in [-0.05, 0) is 12.1 Å². The van der Waals surface area contributed by atoms with Crippen LogP contribution in [0.1, 0.15) is 20.7 Å². The predicted octanol–water partition coefficient (Wildman–Crippen LogP) is -0.0232. The lowest BCUT2D eigenvalue weighted by Gasteiger charge is -2.12. The van der Waals surface area contributed by atoms with E-state index in [2.05, 4.69) is 10.2 Å². The first-order valence-electron chi connectivity index (χ1n) is 5.46. The molecule has 2 heterocycles. The Morgan fingerprint density at radius 2 is 1.95 bits per heavy atom. The summed E-state index contributed by atoms with van der Waals surface area (Å²) < 4.78 is 24.8. The number of nitrogens with zero attached hydrogens (tertiary/aromatic N) is 2. The van der Waals surface area contributed by atoms with E-state index in [1.165, 1.54) is 18.2 Å². The number of nitrogen functional groups attached to an aromatic ring is 1. The molecule has 0 fully saturated rings. The fourth-order valence-corrected chi connectivity index (χ4v) is 3.22. The smallest absolute Gasteiger partial charge is 0.277 e. The number of nitrogens with one attached hydrogen (secondary N) is 1. The van der Waals surface area contributed by atoms with Crippen LogP contribution in [0, 0.1) is 0 Å². The number of fused-ring (bicyclic) bond motifs is 1. The van der Waals surface area contributed by atoms with Gasteiger partial charge in [0.15, 0.2) is 0 Å². The maximum Gasteiger partial charge on any atom is 0.277 e. The normalized spacial score (nSPS) is 14.7. The van der Waals surface area contributed by atoms with Crippen LogP contribution in [0.2, 0.25) is 0 Å². The first kappa shape index (κ1) is 12.4. The van der Waals surface area contributed by atoms with Crippen LogP contribution in [0.25, 0.3) is 0 Å². The zero-order chi connectivity index (χ0) is 14.5. The fourth-order valence-electron chi connectivity index (χ4n) is 1.99. The van der Waals surface area contributed by atoms with E-state index in [0.717, 1.165) is 12.4 Å². The lowest BCUT2D eigenvalue weighted by molar-refractivity contribution is 0.0766. The van der Waals surface area contributed by atoms with Gasteiger partial charge < -0.3 is 5.73 Å². The number of benzene rings is 1. The lowest BCUT2D eigenvalue weighted by atomic mass is 10.1. The molecule has 8 nitrogen and oxygen atoms in total. The summed E-state index contributed by atoms with van der Waals surface area (Å²) in [5.74, 6) is -1.87. The van der Waals surface area contributed by atoms with Crippen LogP contribution in [0.4, 0.5) is 5.69 Å². The van der Waals surface area contributed by atoms with Crippen molar-refractivity contribution >= 4 is 27.5 Å². The van der Waals surface area contributed by atoms with Crippen LogP contribution >= 0.6 is 0 Å². The Morgan fingerprint density at radius 3 is 2.55 bits per heavy atom. The minimum Gasteiger partial charge on any atom is -0.398 e. The van der Waals surface area contributed by atoms with Crippen molar-refractivity contribution in [2.24, 2.45) is 0 Å². The van der Waals surface area contributed by atoms with E-state index in [1.807, 2.05) is 0 Å². The van der Waals surface area contributed by atoms with E-state index in [1.54, 1.807) is 0 Å². The first-order chi connectivity index (χ1) is 9.44. The average molecular weight is 292 g/mol. The van der Waals surface area contributed by atoms with Gasteiger partial charge >= 0.3 is 0 Å². The van der Waals surface area contributed by atoms with Crippen LogP contribution in [0.15, 0.2) is 35.5 Å². The number of carbonyl (C=O) groups excluding carboxylic acids is 2. The van der Waals surface area contributed by atoms with Crippen molar-refractivity contribution in [2.45, 2.75) is 4.90 Å². The number of rotatable bonds is 2. The Kier molecular flexibility index (Phi) is 2.41. The number of carbonyl (C=O) groups is 2. The Hall–Kier alpha value is -2.68. The van der Waals surface area contributed by atoms with Gasteiger partial charge in [-0.3, -0.25) is 14.7 Å². The van der Waals surface area contributed by atoms with Crippen molar-refractivity contribution in [1.82, 2.24) is 14.5 Å². The Balaban J connectivity index is 2.19. The van der Waals surface area contributed by atoms with Gasteiger partial charge in [-0.1, -0.05) is 6.07 Å². The summed E-state index contributed by atoms with van der Waals surface area (Å²) in [6.45, 7) is 0. The number of aromatic amines is 1. The maximum absolute atomic E-state index is 12.3. The van der Waals surface area contributed by atoms with Gasteiger partial charge in [-0.2, -0.15) is 9.40 Å². The van der Waals surface area contributed by atoms with Crippen LogP contribution in [0.5, 0.6) is 0 Å². The summed E-state index contributed by atoms with van der Waals surface area (Å²) in [5.41, 5.74) is 5.58. The van der Waals surface area contributed by atoms with Crippen LogP contribution in [-0.4, -0.2) is 34.7 Å². The van der Waals surface area contributed by atoms with E-state index in [4.69, 9.17) is 5.73 Å². The summed E-state index contributed by atoms with van der Waals surface area (Å²) in [6, 6.07) is 4.27. The molecular weight excluding hydrogens is 284 g/mol. The van der Waals surface area contributed by atoms with E-state index < -0.39 is 21.8 Å². The average Bonchev–Trinajstić information content (AvgIpc) is 2.99. The zero-order valence-electron chi connectivity index (χ0n) is 9.90. The highest BCUT2D eigenvalue weighted by atomic mass is 32.2. The van der Waals surface area contributed by atoms with E-state index in [-0.39, 0.29) is 26.0 Å². The molecule has 1 aliphatic heterocycles. The summed E-state index contributed by atoms with van der Waals surface area (Å²) in [5, 5.41) is 5.82. The summed E-state index contributed by atoms with van der Waals surface area (Å²) >= 11 is 0.